The van der Waals surface area contributed by atoms with Crippen LogP contribution < -0.4 is 4.90 Å². The lowest BCUT2D eigenvalue weighted by molar-refractivity contribution is 0.383. The van der Waals surface area contributed by atoms with Crippen LogP contribution in [0, 0.1) is 0 Å². The maximum Gasteiger partial charge on any atom is 0.214 e. The van der Waals surface area contributed by atoms with Crippen LogP contribution in [0.1, 0.15) is 31.6 Å². The molecule has 0 amide bonds. The fraction of sp³-hybridized carbons (Fsp3) is 0.625. The van der Waals surface area contributed by atoms with Crippen LogP contribution in [0.5, 0.6) is 0 Å². The van der Waals surface area contributed by atoms with E-state index in [2.05, 4.69) is 27.9 Å². The molecule has 2 aromatic rings. The average Bonchev–Trinajstić information content (AvgIpc) is 3.03. The molecule has 0 N–H and O–H groups in total. The Morgan fingerprint density at radius 3 is 2.58 bits per heavy atom. The van der Waals surface area contributed by atoms with E-state index in [0.29, 0.717) is 26.2 Å². The second-order valence-electron chi connectivity index (χ2n) is 6.04. The highest BCUT2D eigenvalue weighted by atomic mass is 32.2. The number of rotatable bonds is 6. The Bertz CT molecular complexity index is 796. The third kappa shape index (κ3) is 3.55. The highest BCUT2D eigenvalue weighted by molar-refractivity contribution is 7.89. The summed E-state index contributed by atoms with van der Waals surface area (Å²) in [5, 5.41) is 1.08. The number of unbranched alkanes of at least 4 members (excludes halogenated alkanes) is 1. The zero-order valence-corrected chi connectivity index (χ0v) is 15.9. The lowest BCUT2D eigenvalue weighted by Crippen LogP contribution is -2.49. The van der Waals surface area contributed by atoms with Crippen LogP contribution in [0.4, 0.5) is 5.82 Å². The standard InChI is InChI=1S/C16H24N4O2S2/c1-3-5-10-24(21,22)20-8-6-19(7-9-20)15-14-11-13(4-2)23-16(14)18-12-17-15/h11-12H,3-10H2,1-2H3. The minimum Gasteiger partial charge on any atom is -0.353 e. The third-order valence-electron chi connectivity index (χ3n) is 4.40. The molecular formula is C16H24N4O2S2. The van der Waals surface area contributed by atoms with Crippen LogP contribution in [-0.2, 0) is 16.4 Å². The lowest BCUT2D eigenvalue weighted by atomic mass is 10.2. The van der Waals surface area contributed by atoms with Crippen molar-refractivity contribution in [1.29, 1.82) is 0 Å². The van der Waals surface area contributed by atoms with E-state index in [4.69, 9.17) is 0 Å². The van der Waals surface area contributed by atoms with E-state index in [1.807, 2.05) is 6.92 Å². The summed E-state index contributed by atoms with van der Waals surface area (Å²) in [5.41, 5.74) is 0. The molecule has 0 aromatic carbocycles. The molecule has 6 nitrogen and oxygen atoms in total. The van der Waals surface area contributed by atoms with Gasteiger partial charge >= 0.3 is 0 Å². The predicted octanol–water partition coefficient (Wildman–Crippen LogP) is 2.51. The Labute approximate surface area is 147 Å². The molecule has 0 bridgehead atoms. The molecule has 2 aromatic heterocycles. The van der Waals surface area contributed by atoms with E-state index >= 15 is 0 Å². The van der Waals surface area contributed by atoms with Gasteiger partial charge in [-0.05, 0) is 18.9 Å². The number of aromatic nitrogens is 2. The van der Waals surface area contributed by atoms with Gasteiger partial charge in [-0.15, -0.1) is 11.3 Å². The van der Waals surface area contributed by atoms with Crippen molar-refractivity contribution in [3.63, 3.8) is 0 Å². The van der Waals surface area contributed by atoms with E-state index in [1.165, 1.54) is 4.88 Å². The fourth-order valence-electron chi connectivity index (χ4n) is 2.95. The van der Waals surface area contributed by atoms with Crippen molar-refractivity contribution in [2.75, 3.05) is 36.8 Å². The molecule has 0 atom stereocenters. The Balaban J connectivity index is 1.74. The van der Waals surface area contributed by atoms with E-state index in [-0.39, 0.29) is 5.75 Å². The molecule has 0 aliphatic carbocycles. The van der Waals surface area contributed by atoms with Crippen LogP contribution in [0.25, 0.3) is 10.2 Å². The van der Waals surface area contributed by atoms with Gasteiger partial charge in [0.1, 0.15) is 17.0 Å². The van der Waals surface area contributed by atoms with Gasteiger partial charge in [-0.2, -0.15) is 4.31 Å². The molecule has 1 aliphatic heterocycles. The van der Waals surface area contributed by atoms with Gasteiger partial charge in [0.25, 0.3) is 0 Å². The molecule has 1 fully saturated rings. The van der Waals surface area contributed by atoms with Crippen molar-refractivity contribution < 1.29 is 8.42 Å². The quantitative estimate of drug-likeness (QED) is 0.784. The highest BCUT2D eigenvalue weighted by Gasteiger charge is 2.27. The second kappa shape index (κ2) is 7.33. The molecule has 0 unspecified atom stereocenters. The van der Waals surface area contributed by atoms with Gasteiger partial charge in [-0.25, -0.2) is 18.4 Å². The molecule has 0 saturated carbocycles. The van der Waals surface area contributed by atoms with Crippen LogP contribution in [0.15, 0.2) is 12.4 Å². The maximum atomic E-state index is 12.3. The highest BCUT2D eigenvalue weighted by Crippen LogP contribution is 2.31. The smallest absolute Gasteiger partial charge is 0.214 e. The summed E-state index contributed by atoms with van der Waals surface area (Å²) in [6.07, 6.45) is 4.22. The zero-order chi connectivity index (χ0) is 17.2. The zero-order valence-electron chi connectivity index (χ0n) is 14.2. The first-order valence-electron chi connectivity index (χ1n) is 8.51. The van der Waals surface area contributed by atoms with Gasteiger partial charge in [0.2, 0.25) is 10.0 Å². The number of aryl methyl sites for hydroxylation is 1. The lowest BCUT2D eigenvalue weighted by Gasteiger charge is -2.34. The first kappa shape index (κ1) is 17.6. The molecule has 8 heteroatoms. The molecule has 1 aliphatic rings. The number of piperazine rings is 1. The van der Waals surface area contributed by atoms with Gasteiger partial charge in [-0.1, -0.05) is 20.3 Å². The maximum absolute atomic E-state index is 12.3. The SMILES string of the molecule is CCCCS(=O)(=O)N1CCN(c2ncnc3sc(CC)cc23)CC1. The van der Waals surface area contributed by atoms with Crippen molar-refractivity contribution >= 4 is 37.4 Å². The van der Waals surface area contributed by atoms with Crippen molar-refractivity contribution in [3.8, 4) is 0 Å². The third-order valence-corrected chi connectivity index (χ3v) is 7.54. The molecule has 3 rings (SSSR count). The minimum atomic E-state index is -3.12. The monoisotopic (exact) mass is 368 g/mol. The van der Waals surface area contributed by atoms with Gasteiger partial charge in [0.05, 0.1) is 11.1 Å². The fourth-order valence-corrected chi connectivity index (χ4v) is 5.51. The second-order valence-corrected chi connectivity index (χ2v) is 9.24. The summed E-state index contributed by atoms with van der Waals surface area (Å²) in [6, 6.07) is 2.17. The van der Waals surface area contributed by atoms with Crippen molar-refractivity contribution in [2.24, 2.45) is 0 Å². The molecular weight excluding hydrogens is 344 g/mol. The average molecular weight is 369 g/mol. The number of sulfonamides is 1. The van der Waals surface area contributed by atoms with E-state index in [1.54, 1.807) is 22.0 Å². The Hall–Kier alpha value is -1.25. The molecule has 24 heavy (non-hydrogen) atoms. The van der Waals surface area contributed by atoms with E-state index < -0.39 is 10.0 Å². The van der Waals surface area contributed by atoms with E-state index in [0.717, 1.165) is 35.3 Å². The first-order valence-corrected chi connectivity index (χ1v) is 10.9. The topological polar surface area (TPSA) is 66.4 Å². The summed E-state index contributed by atoms with van der Waals surface area (Å²) < 4.78 is 26.3. The summed E-state index contributed by atoms with van der Waals surface area (Å²) >= 11 is 1.71. The summed E-state index contributed by atoms with van der Waals surface area (Å²) in [6.45, 7) is 6.56. The van der Waals surface area contributed by atoms with Gasteiger partial charge in [0, 0.05) is 31.1 Å². The van der Waals surface area contributed by atoms with Crippen LogP contribution in [0.2, 0.25) is 0 Å². The van der Waals surface area contributed by atoms with Crippen molar-refractivity contribution in [2.45, 2.75) is 33.1 Å². The molecule has 3 heterocycles. The Morgan fingerprint density at radius 2 is 1.92 bits per heavy atom. The summed E-state index contributed by atoms with van der Waals surface area (Å²) in [4.78, 5) is 13.3. The number of hydrogen-bond acceptors (Lipinski definition) is 6. The van der Waals surface area contributed by atoms with Gasteiger partial charge in [-0.3, -0.25) is 0 Å². The van der Waals surface area contributed by atoms with Crippen LogP contribution in [0.3, 0.4) is 0 Å². The van der Waals surface area contributed by atoms with Gasteiger partial charge < -0.3 is 4.90 Å². The largest absolute Gasteiger partial charge is 0.353 e. The van der Waals surface area contributed by atoms with Crippen molar-refractivity contribution in [3.05, 3.63) is 17.3 Å². The number of fused-ring (bicyclic) bond motifs is 1. The van der Waals surface area contributed by atoms with Crippen LogP contribution in [-0.4, -0.2) is 54.6 Å². The first-order chi connectivity index (χ1) is 11.5. The number of anilines is 1. The van der Waals surface area contributed by atoms with Crippen LogP contribution >= 0.6 is 11.3 Å². The molecule has 0 radical (unpaired) electrons. The number of thiophene rings is 1. The predicted molar refractivity (Wildman–Crippen MR) is 99.3 cm³/mol. The normalized spacial score (nSPS) is 16.8. The summed E-state index contributed by atoms with van der Waals surface area (Å²) in [7, 11) is -3.12. The molecule has 0 spiro atoms. The van der Waals surface area contributed by atoms with Gasteiger partial charge in [0.15, 0.2) is 0 Å². The Kier molecular flexibility index (Phi) is 5.36. The van der Waals surface area contributed by atoms with Crippen molar-refractivity contribution in [1.82, 2.24) is 14.3 Å². The summed E-state index contributed by atoms with van der Waals surface area (Å²) in [5.74, 6) is 1.19. The number of hydrogen-bond donors (Lipinski definition) is 0. The van der Waals surface area contributed by atoms with E-state index in [9.17, 15) is 8.42 Å². The minimum absolute atomic E-state index is 0.256. The molecule has 132 valence electrons. The number of nitrogens with zero attached hydrogens (tertiary/aromatic N) is 4. The Morgan fingerprint density at radius 1 is 1.17 bits per heavy atom. The molecule has 1 saturated heterocycles.